The second-order valence-corrected chi connectivity index (χ2v) is 4.36. The van der Waals surface area contributed by atoms with Crippen molar-refractivity contribution >= 4 is 15.9 Å². The summed E-state index contributed by atoms with van der Waals surface area (Å²) >= 11 is 3.44. The van der Waals surface area contributed by atoms with Crippen LogP contribution in [0.4, 0.5) is 0 Å². The van der Waals surface area contributed by atoms with Gasteiger partial charge in [0.15, 0.2) is 0 Å². The van der Waals surface area contributed by atoms with E-state index in [-0.39, 0.29) is 0 Å². The summed E-state index contributed by atoms with van der Waals surface area (Å²) in [6.45, 7) is 0.714. The molecule has 0 heterocycles. The lowest BCUT2D eigenvalue weighted by molar-refractivity contribution is 0.466. The molecule has 1 saturated carbocycles. The lowest BCUT2D eigenvalue weighted by atomic mass is 10.1. The number of nitrogens with two attached hydrogens (primary N) is 1. The Morgan fingerprint density at radius 2 is 2.31 bits per heavy atom. The van der Waals surface area contributed by atoms with E-state index in [0.717, 1.165) is 16.5 Å². The highest BCUT2D eigenvalue weighted by Gasteiger charge is 2.39. The summed E-state index contributed by atoms with van der Waals surface area (Å²) in [5.41, 5.74) is 6.59. The number of rotatable bonds is 2. The predicted molar refractivity (Wildman–Crippen MR) is 55.7 cm³/mol. The van der Waals surface area contributed by atoms with Crippen LogP contribution in [0.15, 0.2) is 22.7 Å². The van der Waals surface area contributed by atoms with Crippen molar-refractivity contribution in [1.82, 2.24) is 0 Å². The van der Waals surface area contributed by atoms with Crippen LogP contribution in [0.2, 0.25) is 0 Å². The Morgan fingerprint density at radius 1 is 1.54 bits per heavy atom. The minimum absolute atomic E-state index is 0.385. The third-order valence-electron chi connectivity index (χ3n) is 2.63. The van der Waals surface area contributed by atoms with E-state index in [1.165, 1.54) is 0 Å². The molecule has 0 spiro atoms. The van der Waals surface area contributed by atoms with Gasteiger partial charge in [0.25, 0.3) is 0 Å². The average Bonchev–Trinajstić information content (AvgIpc) is 2.83. The lowest BCUT2D eigenvalue weighted by Crippen LogP contribution is -2.02. The van der Waals surface area contributed by atoms with Crippen molar-refractivity contribution in [3.63, 3.8) is 0 Å². The highest BCUT2D eigenvalue weighted by atomic mass is 79.9. The maximum absolute atomic E-state index is 9.64. The standard InChI is InChI=1S/C10H12BrNO/c11-8-2-1-3-9(13)10(8)7-4-6(7)5-12/h1-3,6-7,13H,4-5,12H2/t6-,7+/m0/s1. The SMILES string of the molecule is NC[C@@H]1C[C@H]1c1c(O)cccc1Br. The zero-order valence-corrected chi connectivity index (χ0v) is 8.79. The van der Waals surface area contributed by atoms with E-state index < -0.39 is 0 Å². The minimum atomic E-state index is 0.385. The van der Waals surface area contributed by atoms with Crippen LogP contribution < -0.4 is 5.73 Å². The Kier molecular flexibility index (Phi) is 2.30. The third kappa shape index (κ3) is 1.58. The number of halogens is 1. The summed E-state index contributed by atoms with van der Waals surface area (Å²) in [5.74, 6) is 1.40. The van der Waals surface area contributed by atoms with E-state index in [2.05, 4.69) is 15.9 Å². The van der Waals surface area contributed by atoms with Crippen LogP contribution in [-0.4, -0.2) is 11.7 Å². The summed E-state index contributed by atoms with van der Waals surface area (Å²) in [7, 11) is 0. The van der Waals surface area contributed by atoms with Crippen molar-refractivity contribution < 1.29 is 5.11 Å². The van der Waals surface area contributed by atoms with Crippen LogP contribution in [0.3, 0.4) is 0 Å². The van der Waals surface area contributed by atoms with Crippen LogP contribution in [0.1, 0.15) is 17.9 Å². The van der Waals surface area contributed by atoms with Gasteiger partial charge in [0.2, 0.25) is 0 Å². The average molecular weight is 242 g/mol. The third-order valence-corrected chi connectivity index (χ3v) is 3.32. The van der Waals surface area contributed by atoms with Crippen molar-refractivity contribution in [3.05, 3.63) is 28.2 Å². The van der Waals surface area contributed by atoms with Gasteiger partial charge < -0.3 is 10.8 Å². The van der Waals surface area contributed by atoms with Gasteiger partial charge in [0.1, 0.15) is 5.75 Å². The van der Waals surface area contributed by atoms with Crippen LogP contribution >= 0.6 is 15.9 Å². The van der Waals surface area contributed by atoms with Crippen LogP contribution in [0.5, 0.6) is 5.75 Å². The van der Waals surface area contributed by atoms with Gasteiger partial charge in [-0.3, -0.25) is 0 Å². The minimum Gasteiger partial charge on any atom is -0.508 e. The molecule has 2 rings (SSSR count). The first-order chi connectivity index (χ1) is 6.24. The van der Waals surface area contributed by atoms with E-state index in [4.69, 9.17) is 5.73 Å². The number of hydrogen-bond donors (Lipinski definition) is 2. The van der Waals surface area contributed by atoms with Gasteiger partial charge in [0.05, 0.1) is 0 Å². The first-order valence-corrected chi connectivity index (χ1v) is 5.20. The van der Waals surface area contributed by atoms with Crippen molar-refractivity contribution in [2.24, 2.45) is 11.7 Å². The van der Waals surface area contributed by atoms with E-state index >= 15 is 0 Å². The highest BCUT2D eigenvalue weighted by Crippen LogP contribution is 2.51. The molecule has 2 atom stereocenters. The fourth-order valence-electron chi connectivity index (χ4n) is 1.75. The molecule has 0 radical (unpaired) electrons. The Labute approximate surface area is 85.9 Å². The molecule has 0 aromatic heterocycles. The van der Waals surface area contributed by atoms with E-state index in [1.807, 2.05) is 12.1 Å². The first-order valence-electron chi connectivity index (χ1n) is 4.41. The monoisotopic (exact) mass is 241 g/mol. The molecule has 3 heteroatoms. The number of aromatic hydroxyl groups is 1. The summed E-state index contributed by atoms with van der Waals surface area (Å²) in [6, 6.07) is 5.52. The molecular weight excluding hydrogens is 230 g/mol. The number of hydrogen-bond acceptors (Lipinski definition) is 2. The Balaban J connectivity index is 2.30. The van der Waals surface area contributed by atoms with Crippen LogP contribution in [0, 0.1) is 5.92 Å². The fraction of sp³-hybridized carbons (Fsp3) is 0.400. The van der Waals surface area contributed by atoms with Gasteiger partial charge in [-0.1, -0.05) is 22.0 Å². The predicted octanol–water partition coefficient (Wildman–Crippen LogP) is 2.22. The maximum Gasteiger partial charge on any atom is 0.120 e. The summed E-state index contributed by atoms with van der Waals surface area (Å²) in [5, 5.41) is 9.64. The summed E-state index contributed by atoms with van der Waals surface area (Å²) < 4.78 is 0.994. The quantitative estimate of drug-likeness (QED) is 0.835. The van der Waals surface area contributed by atoms with Gasteiger partial charge in [0, 0.05) is 10.0 Å². The summed E-state index contributed by atoms with van der Waals surface area (Å²) in [6.07, 6.45) is 1.10. The molecule has 0 amide bonds. The van der Waals surface area contributed by atoms with Crippen molar-refractivity contribution in [3.8, 4) is 5.75 Å². The van der Waals surface area contributed by atoms with E-state index in [0.29, 0.717) is 24.1 Å². The zero-order valence-electron chi connectivity index (χ0n) is 7.20. The molecule has 1 aromatic carbocycles. The molecule has 70 valence electrons. The smallest absolute Gasteiger partial charge is 0.120 e. The maximum atomic E-state index is 9.64. The molecule has 1 aromatic rings. The first kappa shape index (κ1) is 9.03. The summed E-state index contributed by atoms with van der Waals surface area (Å²) in [4.78, 5) is 0. The zero-order chi connectivity index (χ0) is 9.42. The molecule has 3 N–H and O–H groups in total. The Hall–Kier alpha value is -0.540. The lowest BCUT2D eigenvalue weighted by Gasteiger charge is -2.05. The molecule has 0 bridgehead atoms. The molecule has 0 unspecified atom stereocenters. The Bertz CT molecular complexity index is 306. The van der Waals surface area contributed by atoms with Crippen LogP contribution in [-0.2, 0) is 0 Å². The second kappa shape index (κ2) is 3.31. The van der Waals surface area contributed by atoms with Gasteiger partial charge in [-0.2, -0.15) is 0 Å². The van der Waals surface area contributed by atoms with Crippen molar-refractivity contribution in [2.45, 2.75) is 12.3 Å². The van der Waals surface area contributed by atoms with E-state index in [9.17, 15) is 5.11 Å². The van der Waals surface area contributed by atoms with Crippen LogP contribution in [0.25, 0.3) is 0 Å². The van der Waals surface area contributed by atoms with Crippen molar-refractivity contribution in [2.75, 3.05) is 6.54 Å². The molecule has 0 saturated heterocycles. The molecule has 13 heavy (non-hydrogen) atoms. The van der Waals surface area contributed by atoms with E-state index in [1.54, 1.807) is 6.07 Å². The highest BCUT2D eigenvalue weighted by molar-refractivity contribution is 9.10. The largest absolute Gasteiger partial charge is 0.508 e. The molecule has 1 aliphatic rings. The van der Waals surface area contributed by atoms with Crippen molar-refractivity contribution in [1.29, 1.82) is 0 Å². The molecular formula is C10H12BrNO. The normalized spacial score (nSPS) is 26.0. The topological polar surface area (TPSA) is 46.2 Å². The number of phenols is 1. The molecule has 2 nitrogen and oxygen atoms in total. The van der Waals surface area contributed by atoms with Gasteiger partial charge in [-0.15, -0.1) is 0 Å². The fourth-order valence-corrected chi connectivity index (χ4v) is 2.40. The van der Waals surface area contributed by atoms with Gasteiger partial charge >= 0.3 is 0 Å². The second-order valence-electron chi connectivity index (χ2n) is 3.51. The Morgan fingerprint density at radius 3 is 2.85 bits per heavy atom. The van der Waals surface area contributed by atoms with Gasteiger partial charge in [-0.05, 0) is 36.9 Å². The molecule has 1 aliphatic carbocycles. The van der Waals surface area contributed by atoms with Gasteiger partial charge in [-0.25, -0.2) is 0 Å². The molecule has 1 fully saturated rings. The molecule has 0 aliphatic heterocycles. The number of benzene rings is 1. The number of phenolic OH excluding ortho intramolecular Hbond substituents is 1.